The van der Waals surface area contributed by atoms with Crippen LogP contribution in [0.25, 0.3) is 0 Å². The van der Waals surface area contributed by atoms with Gasteiger partial charge in [-0.15, -0.1) is 0 Å². The molecular weight excluding hydrogens is 418 g/mol. The lowest BCUT2D eigenvalue weighted by molar-refractivity contribution is -0.117. The van der Waals surface area contributed by atoms with Crippen LogP contribution in [0.3, 0.4) is 0 Å². The van der Waals surface area contributed by atoms with Crippen molar-refractivity contribution < 1.29 is 19.1 Å². The van der Waals surface area contributed by atoms with Crippen LogP contribution in [0.5, 0.6) is 11.5 Å². The molecule has 2 heterocycles. The van der Waals surface area contributed by atoms with Crippen LogP contribution >= 0.6 is 0 Å². The van der Waals surface area contributed by atoms with E-state index in [0.717, 1.165) is 16.8 Å². The Morgan fingerprint density at radius 3 is 2.67 bits per heavy atom. The number of ether oxygens (including phenoxy) is 2. The van der Waals surface area contributed by atoms with Crippen molar-refractivity contribution in [3.05, 3.63) is 83.0 Å². The summed E-state index contributed by atoms with van der Waals surface area (Å²) in [6, 6.07) is 18.0. The van der Waals surface area contributed by atoms with Gasteiger partial charge in [0.15, 0.2) is 11.5 Å². The van der Waals surface area contributed by atoms with Gasteiger partial charge < -0.3 is 19.7 Å². The molecule has 7 nitrogen and oxygen atoms in total. The minimum atomic E-state index is -0.487. The monoisotopic (exact) mass is 445 g/mol. The van der Waals surface area contributed by atoms with Crippen LogP contribution in [0.4, 0.5) is 5.82 Å². The van der Waals surface area contributed by atoms with Gasteiger partial charge in [-0.1, -0.05) is 30.3 Å². The Bertz CT molecular complexity index is 1180. The van der Waals surface area contributed by atoms with E-state index in [0.29, 0.717) is 36.0 Å². The zero-order valence-electron chi connectivity index (χ0n) is 19.0. The van der Waals surface area contributed by atoms with Gasteiger partial charge in [0.1, 0.15) is 5.82 Å². The van der Waals surface area contributed by atoms with Crippen molar-refractivity contribution in [2.24, 2.45) is 0 Å². The summed E-state index contributed by atoms with van der Waals surface area (Å²) in [4.78, 5) is 32.4. The number of pyridine rings is 1. The predicted octanol–water partition coefficient (Wildman–Crippen LogP) is 4.52. The summed E-state index contributed by atoms with van der Waals surface area (Å²) in [6.45, 7) is 4.71. The maximum Gasteiger partial charge on any atom is 0.255 e. The molecule has 0 aliphatic carbocycles. The van der Waals surface area contributed by atoms with Gasteiger partial charge in [-0.2, -0.15) is 0 Å². The predicted molar refractivity (Wildman–Crippen MR) is 125 cm³/mol. The fourth-order valence-electron chi connectivity index (χ4n) is 4.08. The van der Waals surface area contributed by atoms with E-state index in [4.69, 9.17) is 9.47 Å². The zero-order valence-corrected chi connectivity index (χ0v) is 19.0. The average molecular weight is 446 g/mol. The van der Waals surface area contributed by atoms with Crippen LogP contribution in [-0.2, 0) is 11.3 Å². The molecule has 1 aliphatic heterocycles. The Kier molecular flexibility index (Phi) is 6.58. The second kappa shape index (κ2) is 9.73. The fourth-order valence-corrected chi connectivity index (χ4v) is 4.08. The van der Waals surface area contributed by atoms with Gasteiger partial charge in [0.2, 0.25) is 5.91 Å². The molecule has 1 atom stereocenters. The molecule has 1 N–H and O–H groups in total. The van der Waals surface area contributed by atoms with E-state index in [1.54, 1.807) is 18.1 Å². The van der Waals surface area contributed by atoms with Gasteiger partial charge in [-0.05, 0) is 55.3 Å². The third-order valence-electron chi connectivity index (χ3n) is 5.63. The molecule has 0 spiro atoms. The molecule has 0 fully saturated rings. The van der Waals surface area contributed by atoms with E-state index in [1.165, 1.54) is 0 Å². The Morgan fingerprint density at radius 2 is 1.94 bits per heavy atom. The molecule has 7 heteroatoms. The molecule has 2 amide bonds. The minimum absolute atomic E-state index is 0.0759. The molecule has 0 saturated heterocycles. The van der Waals surface area contributed by atoms with Crippen molar-refractivity contribution in [2.75, 3.05) is 19.0 Å². The Hall–Kier alpha value is -3.87. The Labute approximate surface area is 193 Å². The number of aromatic nitrogens is 1. The largest absolute Gasteiger partial charge is 0.493 e. The molecule has 0 bridgehead atoms. The molecule has 33 heavy (non-hydrogen) atoms. The summed E-state index contributed by atoms with van der Waals surface area (Å²) in [5.41, 5.74) is 3.22. The van der Waals surface area contributed by atoms with Crippen molar-refractivity contribution in [3.63, 3.8) is 0 Å². The summed E-state index contributed by atoms with van der Waals surface area (Å²) < 4.78 is 11.2. The van der Waals surface area contributed by atoms with E-state index in [-0.39, 0.29) is 18.2 Å². The zero-order chi connectivity index (χ0) is 23.4. The van der Waals surface area contributed by atoms with Crippen LogP contribution < -0.4 is 14.8 Å². The van der Waals surface area contributed by atoms with Crippen LogP contribution in [0.1, 0.15) is 46.6 Å². The topological polar surface area (TPSA) is 80.8 Å². The van der Waals surface area contributed by atoms with E-state index >= 15 is 0 Å². The molecule has 1 unspecified atom stereocenters. The highest BCUT2D eigenvalue weighted by Gasteiger charge is 2.35. The highest BCUT2D eigenvalue weighted by Crippen LogP contribution is 2.37. The van der Waals surface area contributed by atoms with E-state index < -0.39 is 6.04 Å². The van der Waals surface area contributed by atoms with Gasteiger partial charge >= 0.3 is 0 Å². The highest BCUT2D eigenvalue weighted by molar-refractivity contribution is 5.99. The normalized spacial score (nSPS) is 13.4. The fraction of sp³-hybridized carbons (Fsp3) is 0.269. The quantitative estimate of drug-likeness (QED) is 0.551. The van der Waals surface area contributed by atoms with E-state index in [2.05, 4.69) is 10.3 Å². The minimum Gasteiger partial charge on any atom is -0.493 e. The second-order valence-corrected chi connectivity index (χ2v) is 7.87. The van der Waals surface area contributed by atoms with Crippen molar-refractivity contribution in [2.45, 2.75) is 32.9 Å². The molecular formula is C26H27N3O4. The highest BCUT2D eigenvalue weighted by atomic mass is 16.5. The van der Waals surface area contributed by atoms with Gasteiger partial charge in [-0.25, -0.2) is 4.98 Å². The first kappa shape index (κ1) is 22.3. The number of nitrogens with one attached hydrogen (secondary N) is 1. The number of carbonyl (C=O) groups excluding carboxylic acids is 2. The lowest BCUT2D eigenvalue weighted by Gasteiger charge is -2.28. The number of methoxy groups -OCH3 is 1. The van der Waals surface area contributed by atoms with Crippen molar-refractivity contribution in [3.8, 4) is 11.5 Å². The number of hydrogen-bond acceptors (Lipinski definition) is 5. The average Bonchev–Trinajstić information content (AvgIpc) is 3.14. The first-order valence-electron chi connectivity index (χ1n) is 10.9. The number of anilines is 1. The van der Waals surface area contributed by atoms with E-state index in [1.807, 2.05) is 68.4 Å². The number of hydrogen-bond donors (Lipinski definition) is 1. The molecule has 4 rings (SSSR count). The van der Waals surface area contributed by atoms with E-state index in [9.17, 15) is 9.59 Å². The third kappa shape index (κ3) is 4.82. The maximum atomic E-state index is 13.2. The summed E-state index contributed by atoms with van der Waals surface area (Å²) in [6.07, 6.45) is 0.0759. The SMILES string of the molecule is CCOc1ccc(C(CC(=O)Nc2cccc(C)n2)N2Cc3ccccc3C2=O)cc1OC. The summed E-state index contributed by atoms with van der Waals surface area (Å²) in [5.74, 6) is 1.34. The molecule has 1 aliphatic rings. The standard InChI is InChI=1S/C26H27N3O4/c1-4-33-22-13-12-18(14-23(22)32-3)21(15-25(30)28-24-11-7-8-17(2)27-24)29-16-19-9-5-6-10-20(19)26(29)31/h5-14,21H,4,15-16H2,1-3H3,(H,27,28,30). The first-order chi connectivity index (χ1) is 16.0. The lowest BCUT2D eigenvalue weighted by Crippen LogP contribution is -2.32. The Balaban J connectivity index is 1.65. The third-order valence-corrected chi connectivity index (χ3v) is 5.63. The van der Waals surface area contributed by atoms with Crippen LogP contribution in [0, 0.1) is 6.92 Å². The van der Waals surface area contributed by atoms with Crippen LogP contribution in [-0.4, -0.2) is 35.4 Å². The van der Waals surface area contributed by atoms with Gasteiger partial charge in [-0.3, -0.25) is 9.59 Å². The summed E-state index contributed by atoms with van der Waals surface area (Å²) in [5, 5.41) is 2.86. The number of fused-ring (bicyclic) bond motifs is 1. The van der Waals surface area contributed by atoms with Crippen molar-refractivity contribution in [1.29, 1.82) is 0 Å². The number of aryl methyl sites for hydroxylation is 1. The van der Waals surface area contributed by atoms with Gasteiger partial charge in [0, 0.05) is 17.8 Å². The molecule has 1 aromatic heterocycles. The number of benzene rings is 2. The summed E-state index contributed by atoms with van der Waals surface area (Å²) in [7, 11) is 1.57. The van der Waals surface area contributed by atoms with Crippen LogP contribution in [0.15, 0.2) is 60.7 Å². The summed E-state index contributed by atoms with van der Waals surface area (Å²) >= 11 is 0. The lowest BCUT2D eigenvalue weighted by atomic mass is 10.0. The molecule has 0 saturated carbocycles. The number of rotatable bonds is 8. The first-order valence-corrected chi connectivity index (χ1v) is 10.9. The van der Waals surface area contributed by atoms with Gasteiger partial charge in [0.25, 0.3) is 5.91 Å². The maximum absolute atomic E-state index is 13.2. The smallest absolute Gasteiger partial charge is 0.255 e. The molecule has 0 radical (unpaired) electrons. The van der Waals surface area contributed by atoms with Crippen molar-refractivity contribution in [1.82, 2.24) is 9.88 Å². The molecule has 2 aromatic carbocycles. The Morgan fingerprint density at radius 1 is 1.12 bits per heavy atom. The van der Waals surface area contributed by atoms with Gasteiger partial charge in [0.05, 0.1) is 26.2 Å². The number of amides is 2. The number of nitrogens with zero attached hydrogens (tertiary/aromatic N) is 2. The van der Waals surface area contributed by atoms with Crippen molar-refractivity contribution >= 4 is 17.6 Å². The molecule has 3 aromatic rings. The molecule has 170 valence electrons. The second-order valence-electron chi connectivity index (χ2n) is 7.87. The van der Waals surface area contributed by atoms with Crippen LogP contribution in [0.2, 0.25) is 0 Å². The number of carbonyl (C=O) groups is 2.